The topological polar surface area (TPSA) is 165 Å². The SMILES string of the molecule is CN.CN1CC(C(N)=O)C1.COc1cc2ncnc(Nc3ccc(F)c(Cl)c3)c2cc1Cc1cnc(CCCCCCC=O)[nH]1. The Morgan fingerprint density at radius 1 is 1.16 bits per heavy atom. The number of methoxy groups -OCH3 is 1. The number of imidazole rings is 1. The Kier molecular flexibility index (Phi) is 14.1. The van der Waals surface area contributed by atoms with Gasteiger partial charge in [-0.05, 0) is 51.2 Å². The van der Waals surface area contributed by atoms with Crippen LogP contribution in [0.4, 0.5) is 15.9 Å². The van der Waals surface area contributed by atoms with Crippen molar-refractivity contribution in [2.24, 2.45) is 17.4 Å². The molecular formula is C32H42ClFN8O3. The number of amides is 1. The summed E-state index contributed by atoms with van der Waals surface area (Å²) < 4.78 is 19.2. The first-order chi connectivity index (χ1) is 21.8. The molecule has 0 saturated carbocycles. The fourth-order valence-electron chi connectivity index (χ4n) is 4.85. The molecule has 1 amide bonds. The number of anilines is 2. The molecule has 6 N–H and O–H groups in total. The third kappa shape index (κ3) is 10.5. The van der Waals surface area contributed by atoms with Crippen molar-refractivity contribution in [2.75, 3.05) is 39.6 Å². The van der Waals surface area contributed by atoms with Crippen LogP contribution in [0.15, 0.2) is 42.9 Å². The summed E-state index contributed by atoms with van der Waals surface area (Å²) in [6, 6.07) is 8.31. The number of H-pyrrole nitrogens is 1. The van der Waals surface area contributed by atoms with Crippen LogP contribution in [-0.4, -0.2) is 71.3 Å². The first-order valence-electron chi connectivity index (χ1n) is 14.8. The smallest absolute Gasteiger partial charge is 0.223 e. The number of benzene rings is 2. The van der Waals surface area contributed by atoms with Gasteiger partial charge in [0.05, 0.1) is 23.6 Å². The molecule has 0 unspecified atom stereocenters. The van der Waals surface area contributed by atoms with Crippen molar-refractivity contribution in [1.29, 1.82) is 0 Å². The van der Waals surface area contributed by atoms with Crippen molar-refractivity contribution in [1.82, 2.24) is 24.8 Å². The lowest BCUT2D eigenvalue weighted by Crippen LogP contribution is -2.50. The number of carbonyl (C=O) groups is 2. The number of hydrogen-bond donors (Lipinski definition) is 4. The number of carbonyl (C=O) groups excluding carboxylic acids is 2. The number of fused-ring (bicyclic) bond motifs is 1. The fraction of sp³-hybridized carbons (Fsp3) is 0.406. The van der Waals surface area contributed by atoms with Crippen molar-refractivity contribution in [3.63, 3.8) is 0 Å². The van der Waals surface area contributed by atoms with Gasteiger partial charge in [0.1, 0.15) is 35.8 Å². The van der Waals surface area contributed by atoms with Crippen LogP contribution < -0.4 is 21.5 Å². The number of aromatic nitrogens is 4. The summed E-state index contributed by atoms with van der Waals surface area (Å²) in [5.74, 6) is 1.74. The summed E-state index contributed by atoms with van der Waals surface area (Å²) >= 11 is 5.93. The van der Waals surface area contributed by atoms with E-state index in [-0.39, 0.29) is 16.8 Å². The third-order valence-corrected chi connectivity index (χ3v) is 7.52. The van der Waals surface area contributed by atoms with Gasteiger partial charge in [0.15, 0.2) is 0 Å². The lowest BCUT2D eigenvalue weighted by atomic mass is 10.0. The van der Waals surface area contributed by atoms with E-state index in [1.807, 2.05) is 25.4 Å². The second-order valence-electron chi connectivity index (χ2n) is 10.6. The minimum atomic E-state index is -0.478. The Morgan fingerprint density at radius 3 is 2.56 bits per heavy atom. The summed E-state index contributed by atoms with van der Waals surface area (Å²) in [6.07, 6.45) is 10.5. The summed E-state index contributed by atoms with van der Waals surface area (Å²) in [5, 5.41) is 4.04. The summed E-state index contributed by atoms with van der Waals surface area (Å²) in [5.41, 5.74) is 12.8. The second kappa shape index (κ2) is 18.0. The molecule has 1 aliphatic heterocycles. The Bertz CT molecular complexity index is 1540. The second-order valence-corrected chi connectivity index (χ2v) is 11.0. The summed E-state index contributed by atoms with van der Waals surface area (Å²) in [7, 11) is 5.11. The van der Waals surface area contributed by atoms with Crippen LogP contribution in [0.5, 0.6) is 5.75 Å². The van der Waals surface area contributed by atoms with Crippen molar-refractivity contribution >= 4 is 46.2 Å². The van der Waals surface area contributed by atoms with Gasteiger partial charge in [0.2, 0.25) is 5.91 Å². The number of aldehydes is 1. The van der Waals surface area contributed by atoms with Crippen molar-refractivity contribution in [3.05, 3.63) is 70.8 Å². The monoisotopic (exact) mass is 640 g/mol. The molecule has 1 saturated heterocycles. The van der Waals surface area contributed by atoms with E-state index in [0.717, 1.165) is 85.2 Å². The molecule has 2 aromatic carbocycles. The summed E-state index contributed by atoms with van der Waals surface area (Å²) in [4.78, 5) is 39.5. The van der Waals surface area contributed by atoms with Crippen LogP contribution in [0.2, 0.25) is 5.02 Å². The van der Waals surface area contributed by atoms with E-state index < -0.39 is 5.82 Å². The zero-order chi connectivity index (χ0) is 32.8. The lowest BCUT2D eigenvalue weighted by molar-refractivity contribution is -0.126. The van der Waals surface area contributed by atoms with E-state index in [0.29, 0.717) is 24.3 Å². The fourth-order valence-corrected chi connectivity index (χ4v) is 5.03. The lowest BCUT2D eigenvalue weighted by Gasteiger charge is -2.33. The molecule has 4 aromatic rings. The Labute approximate surface area is 267 Å². The molecule has 45 heavy (non-hydrogen) atoms. The van der Waals surface area contributed by atoms with Gasteiger partial charge in [-0.25, -0.2) is 19.3 Å². The Balaban J connectivity index is 0.000000475. The number of unbranched alkanes of at least 4 members (excludes halogenated alkanes) is 4. The van der Waals surface area contributed by atoms with Crippen molar-refractivity contribution in [2.45, 2.75) is 44.9 Å². The third-order valence-electron chi connectivity index (χ3n) is 7.23. The highest BCUT2D eigenvalue weighted by molar-refractivity contribution is 6.31. The number of ether oxygens (including phenoxy) is 1. The van der Waals surface area contributed by atoms with Gasteiger partial charge >= 0.3 is 0 Å². The van der Waals surface area contributed by atoms with Crippen LogP contribution in [-0.2, 0) is 22.4 Å². The minimum absolute atomic E-state index is 0.0340. The first-order valence-corrected chi connectivity index (χ1v) is 15.2. The van der Waals surface area contributed by atoms with E-state index >= 15 is 0 Å². The number of rotatable bonds is 13. The predicted octanol–water partition coefficient (Wildman–Crippen LogP) is 4.79. The molecule has 0 aliphatic carbocycles. The van der Waals surface area contributed by atoms with Crippen LogP contribution in [0, 0.1) is 11.7 Å². The molecule has 0 atom stereocenters. The highest BCUT2D eigenvalue weighted by Crippen LogP contribution is 2.31. The van der Waals surface area contributed by atoms with E-state index in [1.165, 1.54) is 25.5 Å². The molecule has 1 aliphatic rings. The zero-order valence-electron chi connectivity index (χ0n) is 26.0. The van der Waals surface area contributed by atoms with Gasteiger partial charge in [0.25, 0.3) is 0 Å². The highest BCUT2D eigenvalue weighted by Gasteiger charge is 2.27. The van der Waals surface area contributed by atoms with Gasteiger partial charge in [0, 0.05) is 66.9 Å². The number of nitrogens with one attached hydrogen (secondary N) is 2. The standard InChI is InChI=1S/C26H27ClFN5O2.C5H10N2O.CH5N/c1-35-24-14-23-20(26(31-16-30-23)33-18-8-9-22(28)21(27)13-18)12-17(24)11-19-15-29-25(32-19)7-5-3-2-4-6-10-34;1-7-2-4(3-7)5(6)8;1-2/h8-10,12-16H,2-7,11H2,1H3,(H,29,32)(H,30,31,33);4H,2-3H2,1H3,(H2,6,8);2H2,1H3. The van der Waals surface area contributed by atoms with Crippen molar-refractivity contribution in [3.8, 4) is 5.75 Å². The maximum absolute atomic E-state index is 13.5. The van der Waals surface area contributed by atoms with Gasteiger partial charge in [-0.3, -0.25) is 4.79 Å². The molecular weight excluding hydrogens is 599 g/mol. The summed E-state index contributed by atoms with van der Waals surface area (Å²) in [6.45, 7) is 1.69. The molecule has 2 aromatic heterocycles. The molecule has 0 radical (unpaired) electrons. The quantitative estimate of drug-likeness (QED) is 0.119. The minimum Gasteiger partial charge on any atom is -0.496 e. The Morgan fingerprint density at radius 2 is 1.91 bits per heavy atom. The molecule has 5 rings (SSSR count). The number of nitrogens with zero attached hydrogens (tertiary/aromatic N) is 4. The van der Waals surface area contributed by atoms with Gasteiger partial charge < -0.3 is 36.2 Å². The van der Waals surface area contributed by atoms with Crippen LogP contribution in [0.1, 0.15) is 49.2 Å². The maximum atomic E-state index is 13.5. The number of likely N-dealkylation sites (tertiary alicyclic amines) is 1. The average Bonchev–Trinajstić information content (AvgIpc) is 3.47. The van der Waals surface area contributed by atoms with Crippen LogP contribution in [0.25, 0.3) is 10.9 Å². The Hall–Kier alpha value is -4.13. The van der Waals surface area contributed by atoms with E-state index in [2.05, 4.69) is 35.9 Å². The average molecular weight is 641 g/mol. The molecule has 0 spiro atoms. The number of primary amides is 1. The van der Waals surface area contributed by atoms with Gasteiger partial charge in [-0.1, -0.05) is 24.4 Å². The van der Waals surface area contributed by atoms with Crippen LogP contribution >= 0.6 is 11.6 Å². The number of aromatic amines is 1. The van der Waals surface area contributed by atoms with E-state index in [9.17, 15) is 14.0 Å². The number of halogens is 2. The predicted molar refractivity (Wildman–Crippen MR) is 175 cm³/mol. The van der Waals surface area contributed by atoms with E-state index in [4.69, 9.17) is 22.1 Å². The van der Waals surface area contributed by atoms with Gasteiger partial charge in [-0.2, -0.15) is 0 Å². The highest BCUT2D eigenvalue weighted by atomic mass is 35.5. The normalized spacial score (nSPS) is 12.8. The molecule has 11 nitrogen and oxygen atoms in total. The molecule has 1 fully saturated rings. The van der Waals surface area contributed by atoms with Crippen LogP contribution in [0.3, 0.4) is 0 Å². The van der Waals surface area contributed by atoms with Crippen molar-refractivity contribution < 1.29 is 18.7 Å². The molecule has 13 heteroatoms. The number of aryl methyl sites for hydroxylation is 1. The first kappa shape index (κ1) is 35.4. The molecule has 3 heterocycles. The maximum Gasteiger partial charge on any atom is 0.223 e. The molecule has 242 valence electrons. The molecule has 0 bridgehead atoms. The van der Waals surface area contributed by atoms with Gasteiger partial charge in [-0.15, -0.1) is 0 Å². The number of hydrogen-bond acceptors (Lipinski definition) is 9. The largest absolute Gasteiger partial charge is 0.496 e. The zero-order valence-corrected chi connectivity index (χ0v) is 26.7. The van der Waals surface area contributed by atoms with E-state index in [1.54, 1.807) is 13.2 Å². The number of nitrogens with two attached hydrogens (primary N) is 2.